The Kier molecular flexibility index (Phi) is 395. The van der Waals surface area contributed by atoms with Gasteiger partial charge in [-0.15, -0.1) is 6.42 Å². The molecule has 0 N–H and O–H groups in total. The molecule has 0 spiro atoms. The maximum Gasteiger partial charge on any atom is 2.00 e. The average molecular weight is 2030 g/mol. The molecule has 0 nitrogen and oxygen atoms in total. The minimum atomic E-state index is 0. The molecule has 1 saturated carbocycles. The Bertz CT molecular complexity index is 62.5. The summed E-state index contributed by atoms with van der Waals surface area (Å²) in [6.45, 7) is 3.88. The van der Waals surface area contributed by atoms with Crippen LogP contribution in [0.25, 0.3) is 0 Å². The van der Waals surface area contributed by atoms with Crippen molar-refractivity contribution in [3.05, 3.63) is 28.2 Å². The summed E-state index contributed by atoms with van der Waals surface area (Å²) >= 11 is 0. The zero-order valence-electron chi connectivity index (χ0n) is 11.4. The molecule has 1 rings (SSSR count). The second-order valence-electron chi connectivity index (χ2n) is 1.93. The Balaban J connectivity index is -0.00000000214. The third kappa shape index (κ3) is 70.9. The van der Waals surface area contributed by atoms with E-state index in [1.807, 2.05) is 0 Å². The van der Waals surface area contributed by atoms with E-state index in [1.165, 1.54) is 19.3 Å². The van der Waals surface area contributed by atoms with E-state index in [0.717, 1.165) is 0 Å². The van der Waals surface area contributed by atoms with E-state index in [4.69, 9.17) is 0 Å². The Morgan fingerprint density at radius 1 is 0.700 bits per heavy atom. The first kappa shape index (κ1) is 99.7. The molecule has 0 aromatic rings. The van der Waals surface area contributed by atoms with Crippen LogP contribution in [0.3, 0.4) is 0 Å². The second kappa shape index (κ2) is 79.2. The van der Waals surface area contributed by atoms with Gasteiger partial charge in [-0.25, -0.2) is 0 Å². The van der Waals surface area contributed by atoms with Crippen molar-refractivity contribution < 1.29 is 288 Å². The van der Waals surface area contributed by atoms with Gasteiger partial charge in [0.05, 0.1) is 0 Å². The minimum absolute atomic E-state index is 0. The second-order valence-corrected chi connectivity index (χ2v) is 1.93. The van der Waals surface area contributed by atoms with Crippen molar-refractivity contribution in [1.29, 1.82) is 0 Å². The zero-order valence-corrected chi connectivity index (χ0v) is 46.3. The summed E-state index contributed by atoms with van der Waals surface area (Å²) < 4.78 is 0. The molecule has 0 bridgehead atoms. The zero-order chi connectivity index (χ0) is 4.41. The number of hydrogen-bond donors (Lipinski definition) is 0. The summed E-state index contributed by atoms with van der Waals surface area (Å²) in [5.74, 6) is 0.671. The summed E-state index contributed by atoms with van der Waals surface area (Å²) in [6.07, 6.45) is 6.28. The molecule has 113 valence electrons. The molecule has 12 heteroatoms. The van der Waals surface area contributed by atoms with E-state index in [-0.39, 0.29) is 303 Å². The van der Waals surface area contributed by atoms with Gasteiger partial charge in [-0.1, -0.05) is 6.42 Å². The van der Waals surface area contributed by atoms with Gasteiger partial charge in [-0.3, -0.25) is 0 Å². The van der Waals surface area contributed by atoms with Crippen molar-refractivity contribution in [3.8, 4) is 0 Å². The number of rotatable bonds is 0. The summed E-state index contributed by atoms with van der Waals surface area (Å²) in [7, 11) is 0. The molecule has 1 aliphatic carbocycles. The molecular formula is C8H16W9Y3-2. The molecule has 0 heterocycles. The smallest absolute Gasteiger partial charge is 0.369 e. The van der Waals surface area contributed by atoms with E-state index < -0.39 is 0 Å². The summed E-state index contributed by atoms with van der Waals surface area (Å²) in [5.41, 5.74) is 0. The molecule has 0 aromatic heterocycles. The van der Waals surface area contributed by atoms with E-state index in [2.05, 4.69) is 13.3 Å². The van der Waals surface area contributed by atoms with Crippen molar-refractivity contribution in [1.82, 2.24) is 0 Å². The van der Waals surface area contributed by atoms with E-state index in [0.29, 0.717) is 5.92 Å². The quantitative estimate of drug-likeness (QED) is 0.328. The van der Waals surface area contributed by atoms with Crippen LogP contribution in [0, 0.1) is 34.1 Å². The molecule has 0 amide bonds. The van der Waals surface area contributed by atoms with E-state index in [1.54, 1.807) is 0 Å². The molecular weight excluding hydrogens is 2020 g/mol. The Hall–Kier alpha value is 9.51. The van der Waals surface area contributed by atoms with Gasteiger partial charge in [0.1, 0.15) is 0 Å². The largest absolute Gasteiger partial charge is 2.00 e. The van der Waals surface area contributed by atoms with Gasteiger partial charge in [-0.05, 0) is 0 Å². The van der Waals surface area contributed by atoms with Crippen LogP contribution in [-0.2, 0) is 288 Å². The Labute approximate surface area is 332 Å². The van der Waals surface area contributed by atoms with Crippen molar-refractivity contribution in [2.75, 3.05) is 0 Å². The molecule has 0 aliphatic heterocycles. The fourth-order valence-corrected chi connectivity index (χ4v) is 0.851. The van der Waals surface area contributed by atoms with Crippen LogP contribution < -0.4 is 0 Å². The maximum atomic E-state index is 3.88. The number of hydrogen-bond acceptors (Lipinski definition) is 0. The topological polar surface area (TPSA) is 0 Å². The molecule has 0 saturated heterocycles. The summed E-state index contributed by atoms with van der Waals surface area (Å²) in [4.78, 5) is 0. The maximum absolute atomic E-state index is 3.88. The molecule has 1 unspecified atom stereocenters. The van der Waals surface area contributed by atoms with Crippen LogP contribution >= 0.6 is 0 Å². The van der Waals surface area contributed by atoms with Crippen molar-refractivity contribution in [2.45, 2.75) is 19.3 Å². The van der Waals surface area contributed by atoms with Crippen molar-refractivity contribution in [3.63, 3.8) is 0 Å². The monoisotopic (exact) mass is 2030 g/mol. The summed E-state index contributed by atoms with van der Waals surface area (Å²) in [6, 6.07) is 0. The fraction of sp³-hybridized carbons (Fsp3) is 0.500. The molecule has 1 fully saturated rings. The fourth-order valence-electron chi connectivity index (χ4n) is 0.851. The van der Waals surface area contributed by atoms with Crippen LogP contribution in [-0.4, -0.2) is 0 Å². The first-order chi connectivity index (χ1) is 2.89. The van der Waals surface area contributed by atoms with Crippen LogP contribution in [0.1, 0.15) is 19.3 Å². The van der Waals surface area contributed by atoms with Gasteiger partial charge in [0.25, 0.3) is 0 Å². The first-order valence-corrected chi connectivity index (χ1v) is 2.56. The van der Waals surface area contributed by atoms with Gasteiger partial charge in [0.15, 0.2) is 0 Å². The van der Waals surface area contributed by atoms with Gasteiger partial charge >= 0.3 is 21.1 Å². The predicted molar refractivity (Wildman–Crippen MR) is 39.8 cm³/mol. The Morgan fingerprint density at radius 3 is 1.00 bits per heavy atom. The normalized spacial score (nSPS) is 10.3. The molecule has 3 radical (unpaired) electrons. The van der Waals surface area contributed by atoms with Crippen LogP contribution in [0.15, 0.2) is 0 Å². The van der Waals surface area contributed by atoms with Gasteiger partial charge in [0, 0.05) is 267 Å². The van der Waals surface area contributed by atoms with Gasteiger partial charge in [0.2, 0.25) is 0 Å². The minimum Gasteiger partial charge on any atom is -0.369 e. The SMILES string of the molecule is [CH2-]C1[CH-]CCC1.[CH3-].[CH3-].[W+2].[W].[W].[W].[W].[W].[W].[W].[W].[Y].[Y].[Y]. The van der Waals surface area contributed by atoms with Crippen LogP contribution in [0.4, 0.5) is 0 Å². The Morgan fingerprint density at radius 2 is 0.950 bits per heavy atom. The standard InChI is InChI=1S/C6H10.2CH3.9W.3Y/c1-6-4-2-3-5-6;;;;;;;;;;;;;;/h4,6H,1-3,5H2;2*1H3;;;;;;;;;;;;/q-2;2*-1;;;;;;;;;+2;;;. The predicted octanol–water partition coefficient (Wildman–Crippen LogP) is 2.70. The van der Waals surface area contributed by atoms with E-state index in [9.17, 15) is 0 Å². The third-order valence-electron chi connectivity index (χ3n) is 1.28. The molecule has 1 atom stereocenters. The van der Waals surface area contributed by atoms with Gasteiger partial charge in [-0.2, -0.15) is 6.42 Å². The molecule has 20 heavy (non-hydrogen) atoms. The van der Waals surface area contributed by atoms with Crippen LogP contribution in [0.2, 0.25) is 0 Å². The average Bonchev–Trinajstić information content (AvgIpc) is 1.86. The third-order valence-corrected chi connectivity index (χ3v) is 1.28. The molecule has 0 aromatic carbocycles. The molecule has 1 aliphatic rings. The van der Waals surface area contributed by atoms with E-state index >= 15 is 0 Å². The van der Waals surface area contributed by atoms with Crippen LogP contribution in [0.5, 0.6) is 0 Å². The summed E-state index contributed by atoms with van der Waals surface area (Å²) in [5, 5.41) is 0. The van der Waals surface area contributed by atoms with Crippen molar-refractivity contribution in [2.24, 2.45) is 5.92 Å². The van der Waals surface area contributed by atoms with Crippen molar-refractivity contribution >= 4 is 0 Å². The van der Waals surface area contributed by atoms with Gasteiger partial charge < -0.3 is 34.1 Å². The first-order valence-electron chi connectivity index (χ1n) is 2.56.